The Bertz CT molecular complexity index is 1600. The lowest BCUT2D eigenvalue weighted by Gasteiger charge is -2.23. The van der Waals surface area contributed by atoms with Crippen LogP contribution in [-0.4, -0.2) is 69.4 Å². The normalized spacial score (nSPS) is 24.7. The summed E-state index contributed by atoms with van der Waals surface area (Å²) in [5.41, 5.74) is 5.93. The molecule has 2 aromatic heterocycles. The molecule has 6 heterocycles. The topological polar surface area (TPSA) is 102 Å². The summed E-state index contributed by atoms with van der Waals surface area (Å²) in [6.07, 6.45) is 9.99. The van der Waals surface area contributed by atoms with E-state index in [0.717, 1.165) is 79.4 Å². The van der Waals surface area contributed by atoms with Gasteiger partial charge in [-0.2, -0.15) is 0 Å². The zero-order chi connectivity index (χ0) is 27.9. The van der Waals surface area contributed by atoms with Crippen molar-refractivity contribution in [2.75, 3.05) is 33.7 Å². The summed E-state index contributed by atoms with van der Waals surface area (Å²) in [6.45, 7) is 2.20. The van der Waals surface area contributed by atoms with Crippen LogP contribution in [0.4, 0.5) is 0 Å². The highest BCUT2D eigenvalue weighted by Crippen LogP contribution is 2.52. The Morgan fingerprint density at radius 2 is 1.49 bits per heavy atom. The van der Waals surface area contributed by atoms with Crippen molar-refractivity contribution in [3.63, 3.8) is 0 Å². The van der Waals surface area contributed by atoms with Gasteiger partial charge in [0.25, 0.3) is 0 Å². The van der Waals surface area contributed by atoms with Gasteiger partial charge < -0.3 is 24.9 Å². The first-order chi connectivity index (χ1) is 20.1. The number of nitrogens with zero attached hydrogens (tertiary/aromatic N) is 4. The fourth-order valence-corrected chi connectivity index (χ4v) is 6.88. The fourth-order valence-electron chi connectivity index (χ4n) is 6.88. The number of hydrogen-bond acceptors (Lipinski definition) is 6. The molecule has 9 heteroatoms. The molecule has 1 aromatic carbocycles. The van der Waals surface area contributed by atoms with Gasteiger partial charge in [-0.05, 0) is 83.1 Å². The Labute approximate surface area is 240 Å². The minimum Gasteiger partial charge on any atom is -0.365 e. The van der Waals surface area contributed by atoms with Crippen molar-refractivity contribution in [3.8, 4) is 23.7 Å². The molecule has 3 unspecified atom stereocenters. The third-order valence-corrected chi connectivity index (χ3v) is 8.86. The van der Waals surface area contributed by atoms with Gasteiger partial charge in [0.1, 0.15) is 23.0 Å². The number of likely N-dealkylation sites (tertiary alicyclic amines) is 2. The molecular weight excluding hydrogens is 514 g/mol. The number of likely N-dealkylation sites (N-methyl/N-ethyl adjacent to an activating group) is 1. The third kappa shape index (κ3) is 4.85. The molecule has 0 aliphatic carbocycles. The number of amides is 1. The maximum absolute atomic E-state index is 12.5. The molecule has 3 N–H and O–H groups in total. The number of aromatic nitrogens is 4. The summed E-state index contributed by atoms with van der Waals surface area (Å²) >= 11 is 0. The molecule has 4 aliphatic rings. The van der Waals surface area contributed by atoms with Crippen LogP contribution >= 0.6 is 0 Å². The van der Waals surface area contributed by atoms with Crippen molar-refractivity contribution >= 4 is 5.91 Å². The van der Waals surface area contributed by atoms with E-state index in [1.165, 1.54) is 17.5 Å². The smallest absolute Gasteiger partial charge is 0.237 e. The second kappa shape index (κ2) is 10.8. The molecule has 3 saturated heterocycles. The van der Waals surface area contributed by atoms with Crippen molar-refractivity contribution in [1.82, 2.24) is 35.1 Å². The molecule has 3 fully saturated rings. The number of nitrogens with one attached hydrogen (secondary N) is 3. The summed E-state index contributed by atoms with van der Waals surface area (Å²) in [5.74, 6) is 15.3. The molecule has 3 aromatic rings. The molecule has 4 aliphatic heterocycles. The first-order valence-electron chi connectivity index (χ1n) is 14.7. The van der Waals surface area contributed by atoms with Gasteiger partial charge in [-0.15, -0.1) is 0 Å². The van der Waals surface area contributed by atoms with Crippen LogP contribution in [0.3, 0.4) is 0 Å². The largest absolute Gasteiger partial charge is 0.365 e. The molecule has 0 radical (unpaired) electrons. The molecule has 0 saturated carbocycles. The zero-order valence-corrected chi connectivity index (χ0v) is 23.6. The van der Waals surface area contributed by atoms with Crippen LogP contribution in [0, 0.1) is 23.7 Å². The Balaban J connectivity index is 1.13. The second-order valence-corrected chi connectivity index (χ2v) is 11.5. The number of carbonyl (C=O) groups excluding carboxylic acids is 1. The van der Waals surface area contributed by atoms with Crippen LogP contribution in [0.25, 0.3) is 0 Å². The average molecular weight is 550 g/mol. The Morgan fingerprint density at radius 3 is 2.07 bits per heavy atom. The van der Waals surface area contributed by atoms with E-state index in [-0.39, 0.29) is 24.2 Å². The predicted octanol–water partition coefficient (Wildman–Crippen LogP) is 3.49. The summed E-state index contributed by atoms with van der Waals surface area (Å²) in [4.78, 5) is 32.7. The monoisotopic (exact) mass is 549 g/mol. The number of ether oxygens (including phenoxy) is 1. The van der Waals surface area contributed by atoms with Crippen molar-refractivity contribution in [2.45, 2.75) is 62.8 Å². The van der Waals surface area contributed by atoms with Crippen LogP contribution < -0.4 is 5.32 Å². The van der Waals surface area contributed by atoms with Gasteiger partial charge in [-0.1, -0.05) is 11.8 Å². The van der Waals surface area contributed by atoms with Crippen LogP contribution in [0.2, 0.25) is 0 Å². The Hall–Kier alpha value is -3.89. The van der Waals surface area contributed by atoms with Gasteiger partial charge in [0.05, 0.1) is 43.2 Å². The van der Waals surface area contributed by atoms with E-state index in [2.05, 4.69) is 73.0 Å². The molecule has 4 atom stereocenters. The Morgan fingerprint density at radius 1 is 0.902 bits per heavy atom. The SMILES string of the molecule is CNCC(=O)N1CCC[C@@H]1c1ncc(C#Cc2ccc(C#Cc3cnc(C4CCCN4C)[nH]3)c3c2C2CCC3O2)[nH]1. The molecule has 9 nitrogen and oxygen atoms in total. The van der Waals surface area contributed by atoms with Gasteiger partial charge >= 0.3 is 0 Å². The number of benzene rings is 1. The fraction of sp³-hybridized carbons (Fsp3) is 0.469. The highest BCUT2D eigenvalue weighted by molar-refractivity contribution is 5.79. The van der Waals surface area contributed by atoms with Crippen molar-refractivity contribution in [3.05, 3.63) is 69.8 Å². The number of carbonyl (C=O) groups is 1. The highest BCUT2D eigenvalue weighted by Gasteiger charge is 2.41. The number of imidazole rings is 2. The minimum absolute atomic E-state index is 0.0253. The van der Waals surface area contributed by atoms with Crippen molar-refractivity contribution in [1.29, 1.82) is 0 Å². The molecular formula is C32H35N7O2. The average Bonchev–Trinajstić information content (AvgIpc) is 3.81. The van der Waals surface area contributed by atoms with E-state index in [9.17, 15) is 4.79 Å². The number of fused-ring (bicyclic) bond motifs is 5. The maximum atomic E-state index is 12.5. The number of hydrogen-bond donors (Lipinski definition) is 3. The maximum Gasteiger partial charge on any atom is 0.237 e. The van der Waals surface area contributed by atoms with E-state index < -0.39 is 0 Å². The van der Waals surface area contributed by atoms with Crippen molar-refractivity contribution < 1.29 is 9.53 Å². The van der Waals surface area contributed by atoms with Gasteiger partial charge in [0, 0.05) is 28.8 Å². The summed E-state index contributed by atoms with van der Waals surface area (Å²) in [7, 11) is 3.94. The molecule has 7 rings (SSSR count). The lowest BCUT2D eigenvalue weighted by Crippen LogP contribution is -2.37. The summed E-state index contributed by atoms with van der Waals surface area (Å²) in [5, 5.41) is 2.96. The molecule has 1 amide bonds. The lowest BCUT2D eigenvalue weighted by atomic mass is 9.85. The van der Waals surface area contributed by atoms with E-state index in [1.807, 2.05) is 11.1 Å². The van der Waals surface area contributed by atoms with Gasteiger partial charge in [0.15, 0.2) is 0 Å². The lowest BCUT2D eigenvalue weighted by molar-refractivity contribution is -0.131. The van der Waals surface area contributed by atoms with Crippen LogP contribution in [0.1, 0.15) is 108 Å². The first-order valence-corrected chi connectivity index (χ1v) is 14.7. The molecule has 2 bridgehead atoms. The van der Waals surface area contributed by atoms with Crippen LogP contribution in [0.5, 0.6) is 0 Å². The number of aromatic amines is 2. The molecule has 210 valence electrons. The van der Waals surface area contributed by atoms with Crippen LogP contribution in [-0.2, 0) is 9.53 Å². The summed E-state index contributed by atoms with van der Waals surface area (Å²) in [6, 6.07) is 4.46. The van der Waals surface area contributed by atoms with Gasteiger partial charge in [0.2, 0.25) is 5.91 Å². The second-order valence-electron chi connectivity index (χ2n) is 11.5. The predicted molar refractivity (Wildman–Crippen MR) is 154 cm³/mol. The van der Waals surface area contributed by atoms with Gasteiger partial charge in [-0.3, -0.25) is 9.69 Å². The third-order valence-electron chi connectivity index (χ3n) is 8.86. The summed E-state index contributed by atoms with van der Waals surface area (Å²) < 4.78 is 6.31. The zero-order valence-electron chi connectivity index (χ0n) is 23.6. The molecule has 41 heavy (non-hydrogen) atoms. The minimum atomic E-state index is -0.0253. The highest BCUT2D eigenvalue weighted by atomic mass is 16.5. The van der Waals surface area contributed by atoms with Crippen molar-refractivity contribution in [2.24, 2.45) is 0 Å². The van der Waals surface area contributed by atoms with E-state index in [4.69, 9.17) is 4.74 Å². The first kappa shape index (κ1) is 26.0. The van der Waals surface area contributed by atoms with E-state index in [1.54, 1.807) is 13.2 Å². The number of H-pyrrole nitrogens is 2. The van der Waals surface area contributed by atoms with Gasteiger partial charge in [-0.25, -0.2) is 9.97 Å². The van der Waals surface area contributed by atoms with E-state index >= 15 is 0 Å². The quantitative estimate of drug-likeness (QED) is 0.431. The Kier molecular flexibility index (Phi) is 6.88. The van der Waals surface area contributed by atoms with Crippen LogP contribution in [0.15, 0.2) is 24.5 Å². The molecule has 0 spiro atoms. The number of rotatable bonds is 4. The van der Waals surface area contributed by atoms with E-state index in [0.29, 0.717) is 12.6 Å². The standard InChI is InChI=1S/C32H35N7O2/c1-33-19-28(40)39-16-4-6-25(39)32-35-18-23(37-32)12-10-21-8-7-20(29-26-13-14-27(41-26)30(21)29)9-11-22-17-34-31(36-22)24-5-3-15-38(24)2/h7-8,17-18,24-27,33H,3-6,13-16,19H2,1-2H3,(H,34,36)(H,35,37)/t24?,25-,26?,27?/m1/s1.